The third-order valence-corrected chi connectivity index (χ3v) is 6.76. The van der Waals surface area contributed by atoms with Gasteiger partial charge in [-0.1, -0.05) is 18.2 Å². The third-order valence-electron chi connectivity index (χ3n) is 6.14. The zero-order valence-corrected chi connectivity index (χ0v) is 22.3. The summed E-state index contributed by atoms with van der Waals surface area (Å²) in [5.41, 5.74) is 2.35. The van der Waals surface area contributed by atoms with E-state index in [1.54, 1.807) is 48.5 Å². The lowest BCUT2D eigenvalue weighted by Crippen LogP contribution is -2.29. The Morgan fingerprint density at radius 2 is 1.68 bits per heavy atom. The van der Waals surface area contributed by atoms with Gasteiger partial charge in [0.1, 0.15) is 11.5 Å². The van der Waals surface area contributed by atoms with E-state index in [2.05, 4.69) is 15.9 Å². The first-order valence-electron chi connectivity index (χ1n) is 11.3. The highest BCUT2D eigenvalue weighted by molar-refractivity contribution is 9.10. The van der Waals surface area contributed by atoms with Crippen molar-refractivity contribution in [1.82, 2.24) is 0 Å². The molecular formula is C28H25BrN2O6. The number of anilines is 2. The highest BCUT2D eigenvalue weighted by atomic mass is 79.9. The van der Waals surface area contributed by atoms with Crippen LogP contribution in [0.2, 0.25) is 0 Å². The molecule has 1 N–H and O–H groups in total. The van der Waals surface area contributed by atoms with E-state index < -0.39 is 23.7 Å². The second-order valence-electron chi connectivity index (χ2n) is 8.55. The Morgan fingerprint density at radius 1 is 0.973 bits per heavy atom. The Morgan fingerprint density at radius 3 is 2.27 bits per heavy atom. The minimum absolute atomic E-state index is 0.0665. The lowest BCUT2D eigenvalue weighted by molar-refractivity contribution is -0.132. The van der Waals surface area contributed by atoms with Gasteiger partial charge in [-0.2, -0.15) is 0 Å². The Hall–Kier alpha value is -4.11. The van der Waals surface area contributed by atoms with Crippen LogP contribution in [0, 0.1) is 0 Å². The van der Waals surface area contributed by atoms with Gasteiger partial charge in [-0.3, -0.25) is 14.5 Å². The third kappa shape index (κ3) is 4.82. The normalized spacial score (nSPS) is 16.6. The molecular weight excluding hydrogens is 540 g/mol. The number of esters is 1. The van der Waals surface area contributed by atoms with Gasteiger partial charge >= 0.3 is 5.97 Å². The number of methoxy groups -OCH3 is 2. The van der Waals surface area contributed by atoms with Crippen LogP contribution in [-0.2, 0) is 14.3 Å². The summed E-state index contributed by atoms with van der Waals surface area (Å²) < 4.78 is 10.7. The molecule has 0 bridgehead atoms. The van der Waals surface area contributed by atoms with Crippen molar-refractivity contribution in [3.63, 3.8) is 0 Å². The van der Waals surface area contributed by atoms with Crippen LogP contribution in [0.5, 0.6) is 5.75 Å². The van der Waals surface area contributed by atoms with Crippen LogP contribution in [0.4, 0.5) is 11.4 Å². The van der Waals surface area contributed by atoms with Crippen molar-refractivity contribution in [2.45, 2.75) is 6.04 Å². The van der Waals surface area contributed by atoms with Gasteiger partial charge in [-0.05, 0) is 70.0 Å². The van der Waals surface area contributed by atoms with Crippen LogP contribution in [-0.4, -0.2) is 51.1 Å². The summed E-state index contributed by atoms with van der Waals surface area (Å²) in [5.74, 6) is -2.01. The number of nitrogens with zero attached hydrogens (tertiary/aromatic N) is 2. The largest absolute Gasteiger partial charge is 0.507 e. The molecule has 1 fully saturated rings. The summed E-state index contributed by atoms with van der Waals surface area (Å²) in [4.78, 5) is 42.2. The topological polar surface area (TPSA) is 96.4 Å². The average Bonchev–Trinajstić information content (AvgIpc) is 3.17. The van der Waals surface area contributed by atoms with Crippen LogP contribution in [0.3, 0.4) is 0 Å². The number of aliphatic hydroxyl groups is 1. The Balaban J connectivity index is 1.93. The molecule has 0 saturated carbocycles. The first-order chi connectivity index (χ1) is 17.7. The lowest BCUT2D eigenvalue weighted by atomic mass is 9.94. The van der Waals surface area contributed by atoms with E-state index in [9.17, 15) is 19.5 Å². The van der Waals surface area contributed by atoms with Gasteiger partial charge in [0.05, 0.1) is 35.9 Å². The van der Waals surface area contributed by atoms with Gasteiger partial charge in [0.15, 0.2) is 0 Å². The maximum absolute atomic E-state index is 13.4. The highest BCUT2D eigenvalue weighted by Crippen LogP contribution is 2.43. The second kappa shape index (κ2) is 10.5. The van der Waals surface area contributed by atoms with Crippen molar-refractivity contribution < 1.29 is 29.0 Å². The predicted octanol–water partition coefficient (Wildman–Crippen LogP) is 4.94. The molecule has 1 saturated heterocycles. The zero-order chi connectivity index (χ0) is 26.9. The molecule has 8 nitrogen and oxygen atoms in total. The molecule has 0 radical (unpaired) electrons. The molecule has 9 heteroatoms. The molecule has 4 rings (SSSR count). The van der Waals surface area contributed by atoms with Gasteiger partial charge in [0, 0.05) is 31.0 Å². The van der Waals surface area contributed by atoms with E-state index in [0.29, 0.717) is 27.0 Å². The number of hydrogen-bond acceptors (Lipinski definition) is 7. The molecule has 3 aromatic rings. The number of hydrogen-bond donors (Lipinski definition) is 1. The smallest absolute Gasteiger partial charge is 0.337 e. The van der Waals surface area contributed by atoms with Crippen LogP contribution >= 0.6 is 15.9 Å². The fourth-order valence-corrected chi connectivity index (χ4v) is 4.78. The van der Waals surface area contributed by atoms with Crippen LogP contribution < -0.4 is 14.5 Å². The fraction of sp³-hybridized carbons (Fsp3) is 0.179. The average molecular weight is 565 g/mol. The van der Waals surface area contributed by atoms with E-state index in [1.165, 1.54) is 25.2 Å². The first-order valence-corrected chi connectivity index (χ1v) is 12.1. The second-order valence-corrected chi connectivity index (χ2v) is 9.40. The number of halogens is 1. The molecule has 1 unspecified atom stereocenters. The number of amides is 1. The summed E-state index contributed by atoms with van der Waals surface area (Å²) in [5, 5.41) is 11.4. The van der Waals surface area contributed by atoms with Crippen LogP contribution in [0.1, 0.15) is 27.5 Å². The molecule has 0 spiro atoms. The summed E-state index contributed by atoms with van der Waals surface area (Å²) in [6.45, 7) is 0. The standard InChI is InChI=1S/C28H25BrN2O6/c1-30(2)19-11-8-16(9-12-19)24-23(25(32)17-10-13-22(36-3)21(29)15-17)26(33)27(34)31(24)20-7-5-6-18(14-20)28(35)37-4/h5-15,24,32H,1-4H3/b25-23+. The van der Waals surface area contributed by atoms with E-state index >= 15 is 0 Å². The van der Waals surface area contributed by atoms with E-state index in [-0.39, 0.29) is 16.9 Å². The van der Waals surface area contributed by atoms with Gasteiger partial charge in [-0.25, -0.2) is 4.79 Å². The fourth-order valence-electron chi connectivity index (χ4n) is 4.24. The maximum Gasteiger partial charge on any atom is 0.337 e. The van der Waals surface area contributed by atoms with E-state index in [1.807, 2.05) is 31.1 Å². The van der Waals surface area contributed by atoms with Crippen molar-refractivity contribution in [3.8, 4) is 5.75 Å². The Kier molecular flexibility index (Phi) is 7.35. The molecule has 1 aliphatic heterocycles. The number of Topliss-reactive ketones (excluding diaryl/α,β-unsaturated/α-hetero) is 1. The maximum atomic E-state index is 13.4. The van der Waals surface area contributed by atoms with Gasteiger partial charge in [0.2, 0.25) is 0 Å². The van der Waals surface area contributed by atoms with Crippen molar-refractivity contribution in [2.24, 2.45) is 0 Å². The minimum Gasteiger partial charge on any atom is -0.507 e. The molecule has 37 heavy (non-hydrogen) atoms. The Bertz CT molecular complexity index is 1410. The quantitative estimate of drug-likeness (QED) is 0.196. The van der Waals surface area contributed by atoms with E-state index in [4.69, 9.17) is 9.47 Å². The van der Waals surface area contributed by atoms with Crippen LogP contribution in [0.25, 0.3) is 5.76 Å². The van der Waals surface area contributed by atoms with Crippen molar-refractivity contribution in [1.29, 1.82) is 0 Å². The highest BCUT2D eigenvalue weighted by Gasteiger charge is 2.47. The van der Waals surface area contributed by atoms with Gasteiger partial charge in [0.25, 0.3) is 11.7 Å². The number of aliphatic hydroxyl groups excluding tert-OH is 1. The molecule has 1 amide bonds. The molecule has 190 valence electrons. The number of benzene rings is 3. The molecule has 0 aliphatic carbocycles. The van der Waals surface area contributed by atoms with Crippen LogP contribution in [0.15, 0.2) is 76.8 Å². The summed E-state index contributed by atoms with van der Waals surface area (Å²) in [6.07, 6.45) is 0. The van der Waals surface area contributed by atoms with Gasteiger partial charge < -0.3 is 19.5 Å². The number of carbonyl (C=O) groups excluding carboxylic acids is 3. The Labute approximate surface area is 222 Å². The van der Waals surface area contributed by atoms with Crippen molar-refractivity contribution in [2.75, 3.05) is 38.1 Å². The number of rotatable bonds is 6. The minimum atomic E-state index is -0.940. The summed E-state index contributed by atoms with van der Waals surface area (Å²) in [6, 6.07) is 17.6. The zero-order valence-electron chi connectivity index (χ0n) is 20.7. The monoisotopic (exact) mass is 564 g/mol. The summed E-state index contributed by atoms with van der Waals surface area (Å²) in [7, 11) is 6.59. The van der Waals surface area contributed by atoms with E-state index in [0.717, 1.165) is 5.69 Å². The SMILES string of the molecule is COC(=O)c1cccc(N2C(=O)C(=O)/C(=C(/O)c3ccc(OC)c(Br)c3)C2c2ccc(N(C)C)cc2)c1. The summed E-state index contributed by atoms with van der Waals surface area (Å²) >= 11 is 3.40. The number of ketones is 1. The molecule has 1 heterocycles. The molecule has 0 aromatic heterocycles. The first kappa shape index (κ1) is 26.0. The molecule has 1 aliphatic rings. The van der Waals surface area contributed by atoms with Crippen molar-refractivity contribution >= 4 is 50.7 Å². The molecule has 1 atom stereocenters. The molecule has 3 aromatic carbocycles. The lowest BCUT2D eigenvalue weighted by Gasteiger charge is -2.26. The predicted molar refractivity (Wildman–Crippen MR) is 144 cm³/mol. The number of ether oxygens (including phenoxy) is 2. The number of carbonyl (C=O) groups is 3. The van der Waals surface area contributed by atoms with Crippen molar-refractivity contribution in [3.05, 3.63) is 93.5 Å². The van der Waals surface area contributed by atoms with Gasteiger partial charge in [-0.15, -0.1) is 0 Å².